The second kappa shape index (κ2) is 6.24. The van der Waals surface area contributed by atoms with Gasteiger partial charge < -0.3 is 10.0 Å². The van der Waals surface area contributed by atoms with E-state index >= 15 is 0 Å². The Kier molecular flexibility index (Phi) is 4.16. The third-order valence-electron chi connectivity index (χ3n) is 4.46. The summed E-state index contributed by atoms with van der Waals surface area (Å²) < 4.78 is 61.5. The van der Waals surface area contributed by atoms with E-state index in [1.165, 1.54) is 24.3 Å². The van der Waals surface area contributed by atoms with Gasteiger partial charge in [0.2, 0.25) is 0 Å². The largest absolute Gasteiger partial charge is 0.479 e. The van der Waals surface area contributed by atoms with Crippen LogP contribution in [0.2, 0.25) is 0 Å². The number of aromatic nitrogens is 2. The van der Waals surface area contributed by atoms with Gasteiger partial charge in [-0.3, -0.25) is 4.55 Å². The first-order valence-electron chi connectivity index (χ1n) is 7.90. The Hall–Kier alpha value is -3.01. The van der Waals surface area contributed by atoms with Gasteiger partial charge in [0, 0.05) is 11.8 Å². The Labute approximate surface area is 163 Å². The van der Waals surface area contributed by atoms with Crippen molar-refractivity contribution in [2.24, 2.45) is 0 Å². The molecule has 4 rings (SSSR count). The number of fused-ring (bicyclic) bond motifs is 4. The lowest BCUT2D eigenvalue weighted by Gasteiger charge is -2.25. The van der Waals surface area contributed by atoms with Gasteiger partial charge in [-0.1, -0.05) is 18.2 Å². The molecule has 2 N–H and O–H groups in total. The van der Waals surface area contributed by atoms with Crippen LogP contribution in [0.5, 0.6) is 0 Å². The predicted molar refractivity (Wildman–Crippen MR) is 90.9 cm³/mol. The predicted octanol–water partition coefficient (Wildman–Crippen LogP) is -0.227. The molecule has 0 saturated carbocycles. The van der Waals surface area contributed by atoms with Crippen molar-refractivity contribution in [3.05, 3.63) is 47.8 Å². The molecule has 2 aromatic rings. The van der Waals surface area contributed by atoms with E-state index in [1.807, 2.05) is 0 Å². The van der Waals surface area contributed by atoms with Crippen molar-refractivity contribution in [2.45, 2.75) is 17.0 Å². The molecule has 3 heterocycles. The molecule has 2 aliphatic rings. The summed E-state index contributed by atoms with van der Waals surface area (Å²) in [5.74, 6) is -1.51. The maximum Gasteiger partial charge on any atom is 0.418 e. The number of rotatable bonds is 5. The molecule has 0 radical (unpaired) electrons. The maximum atomic E-state index is 12.8. The standard InChI is InChI=1S/C14H12N4O9S2/c19-13(20)12-11-9(10-7-16(12)14(21)18(10)27-29(24,25)26)6-17(15-11)28(22,23)8-4-2-1-3-5-8/h1-6,10,12H,7H2,(H,19,20)(H,24,25,26)/t10-,12?/m1/s1. The highest BCUT2D eigenvalue weighted by molar-refractivity contribution is 7.89. The quantitative estimate of drug-likeness (QED) is 0.586. The molecule has 1 aromatic heterocycles. The van der Waals surface area contributed by atoms with Crippen LogP contribution in [-0.4, -0.2) is 64.2 Å². The Bertz CT molecular complexity index is 1220. The van der Waals surface area contributed by atoms with Crippen molar-refractivity contribution >= 4 is 32.4 Å². The Morgan fingerprint density at radius 2 is 1.83 bits per heavy atom. The number of hydroxylamine groups is 2. The minimum absolute atomic E-state index is 0.0392. The number of hydrogen-bond acceptors (Lipinski definition) is 8. The number of nitrogens with zero attached hydrogens (tertiary/aromatic N) is 4. The van der Waals surface area contributed by atoms with Crippen LogP contribution in [0.4, 0.5) is 4.79 Å². The molecular weight excluding hydrogens is 432 g/mol. The van der Waals surface area contributed by atoms with E-state index < -0.39 is 44.5 Å². The van der Waals surface area contributed by atoms with E-state index in [4.69, 9.17) is 4.55 Å². The van der Waals surface area contributed by atoms with Crippen LogP contribution in [-0.2, 0) is 29.5 Å². The number of hydrogen-bond donors (Lipinski definition) is 2. The minimum atomic E-state index is -5.10. The molecule has 154 valence electrons. The number of carbonyl (C=O) groups excluding carboxylic acids is 1. The van der Waals surface area contributed by atoms with Gasteiger partial charge in [-0.15, -0.1) is 4.28 Å². The fraction of sp³-hybridized carbons (Fsp3) is 0.214. The average Bonchev–Trinajstić information content (AvgIpc) is 3.19. The first-order chi connectivity index (χ1) is 13.5. The molecule has 1 unspecified atom stereocenters. The summed E-state index contributed by atoms with van der Waals surface area (Å²) in [6.07, 6.45) is 0.995. The zero-order valence-electron chi connectivity index (χ0n) is 14.2. The smallest absolute Gasteiger partial charge is 0.418 e. The number of aliphatic carboxylic acids is 1. The van der Waals surface area contributed by atoms with Gasteiger partial charge in [0.1, 0.15) is 11.7 Å². The summed E-state index contributed by atoms with van der Waals surface area (Å²) in [7, 11) is -9.28. The van der Waals surface area contributed by atoms with Crippen LogP contribution >= 0.6 is 0 Å². The van der Waals surface area contributed by atoms with Gasteiger partial charge in [0.05, 0.1) is 11.4 Å². The molecule has 2 amide bonds. The van der Waals surface area contributed by atoms with E-state index in [1.54, 1.807) is 6.07 Å². The fourth-order valence-electron chi connectivity index (χ4n) is 3.29. The summed E-state index contributed by atoms with van der Waals surface area (Å²) in [6, 6.07) is 3.22. The van der Waals surface area contributed by atoms with Crippen molar-refractivity contribution in [3.8, 4) is 0 Å². The Morgan fingerprint density at radius 3 is 2.41 bits per heavy atom. The number of carboxylic acid groups (broad SMARTS) is 1. The molecule has 1 aromatic carbocycles. The van der Waals surface area contributed by atoms with Crippen molar-refractivity contribution < 1.29 is 40.4 Å². The first kappa shape index (κ1) is 19.3. The van der Waals surface area contributed by atoms with Crippen molar-refractivity contribution in [3.63, 3.8) is 0 Å². The van der Waals surface area contributed by atoms with Gasteiger partial charge in [0.15, 0.2) is 6.04 Å². The third kappa shape index (κ3) is 3.03. The minimum Gasteiger partial charge on any atom is -0.479 e. The van der Waals surface area contributed by atoms with Crippen LogP contribution in [0.25, 0.3) is 0 Å². The van der Waals surface area contributed by atoms with E-state index in [9.17, 15) is 31.5 Å². The number of urea groups is 1. The van der Waals surface area contributed by atoms with Crippen LogP contribution in [0.3, 0.4) is 0 Å². The molecule has 1 fully saturated rings. The molecule has 1 saturated heterocycles. The number of amides is 2. The topological polar surface area (TPSA) is 176 Å². The lowest BCUT2D eigenvalue weighted by atomic mass is 9.98. The maximum absolute atomic E-state index is 12.8. The second-order valence-electron chi connectivity index (χ2n) is 6.18. The van der Waals surface area contributed by atoms with E-state index in [2.05, 4.69) is 9.38 Å². The van der Waals surface area contributed by atoms with Crippen LogP contribution in [0, 0.1) is 0 Å². The van der Waals surface area contributed by atoms with Crippen LogP contribution in [0.15, 0.2) is 41.4 Å². The molecular formula is C14H12N4O9S2. The van der Waals surface area contributed by atoms with Gasteiger partial charge in [-0.25, -0.2) is 9.59 Å². The Balaban J connectivity index is 1.86. The Morgan fingerprint density at radius 1 is 1.17 bits per heavy atom. The van der Waals surface area contributed by atoms with Crippen LogP contribution < -0.4 is 0 Å². The highest BCUT2D eigenvalue weighted by Gasteiger charge is 2.54. The molecule has 0 spiro atoms. The third-order valence-corrected chi connectivity index (χ3v) is 6.36. The van der Waals surface area contributed by atoms with Gasteiger partial charge in [-0.2, -0.15) is 31.1 Å². The summed E-state index contributed by atoms with van der Waals surface area (Å²) in [5, 5.41) is 13.7. The monoisotopic (exact) mass is 444 g/mol. The van der Waals surface area contributed by atoms with Crippen molar-refractivity contribution in [2.75, 3.05) is 6.54 Å². The molecule has 13 nitrogen and oxygen atoms in total. The van der Waals surface area contributed by atoms with Crippen molar-refractivity contribution in [1.29, 1.82) is 0 Å². The van der Waals surface area contributed by atoms with Gasteiger partial charge in [0.25, 0.3) is 10.0 Å². The SMILES string of the molecule is O=C(O)C1c2nn(S(=O)(=O)c3ccccc3)cc2[C@H]2CN1C(=O)N2OS(=O)(=O)O. The summed E-state index contributed by atoms with van der Waals surface area (Å²) in [6.45, 7) is -0.310. The molecule has 29 heavy (non-hydrogen) atoms. The number of benzene rings is 1. The lowest BCUT2D eigenvalue weighted by Crippen LogP contribution is -2.38. The molecule has 0 aliphatic carbocycles. The molecule has 2 bridgehead atoms. The number of carboxylic acids is 1. The zero-order valence-corrected chi connectivity index (χ0v) is 15.8. The summed E-state index contributed by atoms with van der Waals surface area (Å²) >= 11 is 0. The lowest BCUT2D eigenvalue weighted by molar-refractivity contribution is -0.142. The van der Waals surface area contributed by atoms with Crippen LogP contribution in [0.1, 0.15) is 23.3 Å². The van der Waals surface area contributed by atoms with E-state index in [0.29, 0.717) is 4.09 Å². The second-order valence-corrected chi connectivity index (χ2v) is 8.98. The summed E-state index contributed by atoms with van der Waals surface area (Å²) in [4.78, 5) is 24.8. The van der Waals surface area contributed by atoms with E-state index in [0.717, 1.165) is 11.1 Å². The zero-order chi connectivity index (χ0) is 21.1. The molecule has 2 atom stereocenters. The molecule has 2 aliphatic heterocycles. The average molecular weight is 444 g/mol. The van der Waals surface area contributed by atoms with E-state index in [-0.39, 0.29) is 27.8 Å². The summed E-state index contributed by atoms with van der Waals surface area (Å²) in [5.41, 5.74) is -0.300. The number of carbonyl (C=O) groups is 2. The first-order valence-corrected chi connectivity index (χ1v) is 10.7. The normalized spacial score (nSPS) is 21.3. The highest BCUT2D eigenvalue weighted by Crippen LogP contribution is 2.44. The van der Waals surface area contributed by atoms with Gasteiger partial charge in [-0.05, 0) is 12.1 Å². The fourth-order valence-corrected chi connectivity index (χ4v) is 4.83. The van der Waals surface area contributed by atoms with Gasteiger partial charge >= 0.3 is 22.4 Å². The highest BCUT2D eigenvalue weighted by atomic mass is 32.3. The van der Waals surface area contributed by atoms with Crippen molar-refractivity contribution in [1.82, 2.24) is 19.1 Å². The molecule has 15 heteroatoms.